The molecule has 0 unspecified atom stereocenters. The fourth-order valence-electron chi connectivity index (χ4n) is 2.20. The summed E-state index contributed by atoms with van der Waals surface area (Å²) >= 11 is 5.83. The molecular weight excluding hydrogens is 329 g/mol. The number of aryl methyl sites for hydroxylation is 1. The van der Waals surface area contributed by atoms with Crippen LogP contribution in [0.25, 0.3) is 0 Å². The lowest BCUT2D eigenvalue weighted by atomic mass is 10.1. The second-order valence-electron chi connectivity index (χ2n) is 6.05. The second-order valence-corrected chi connectivity index (χ2v) is 6.49. The number of hydrogen-bond donors (Lipinski definition) is 1. The summed E-state index contributed by atoms with van der Waals surface area (Å²) in [5.41, 5.74) is 0.0614. The highest BCUT2D eigenvalue weighted by atomic mass is 35.5. The smallest absolute Gasteiger partial charge is 0.263 e. The van der Waals surface area contributed by atoms with E-state index in [-0.39, 0.29) is 11.7 Å². The Bertz CT molecular complexity index is 669. The van der Waals surface area contributed by atoms with Crippen molar-refractivity contribution in [1.29, 1.82) is 0 Å². The van der Waals surface area contributed by atoms with Crippen LogP contribution in [0.3, 0.4) is 0 Å². The number of hydrogen-bond acceptors (Lipinski definition) is 2. The van der Waals surface area contributed by atoms with E-state index in [9.17, 15) is 9.18 Å². The van der Waals surface area contributed by atoms with Gasteiger partial charge in [-0.2, -0.15) is 0 Å². The van der Waals surface area contributed by atoms with Crippen molar-refractivity contribution in [3.63, 3.8) is 0 Å². The Morgan fingerprint density at radius 1 is 1.12 bits per heavy atom. The normalized spacial score (nSPS) is 11.2. The van der Waals surface area contributed by atoms with E-state index in [1.54, 1.807) is 50.2 Å². The third kappa shape index (κ3) is 5.53. The molecule has 24 heavy (non-hydrogen) atoms. The van der Waals surface area contributed by atoms with Crippen LogP contribution >= 0.6 is 11.6 Å². The van der Waals surface area contributed by atoms with Gasteiger partial charge in [0.25, 0.3) is 5.91 Å². The van der Waals surface area contributed by atoms with E-state index in [2.05, 4.69) is 5.32 Å². The van der Waals surface area contributed by atoms with Crippen molar-refractivity contribution in [2.75, 3.05) is 6.54 Å². The first-order chi connectivity index (χ1) is 11.4. The molecule has 0 saturated carbocycles. The summed E-state index contributed by atoms with van der Waals surface area (Å²) in [6.45, 7) is 3.97. The highest BCUT2D eigenvalue weighted by molar-refractivity contribution is 6.30. The minimum absolute atomic E-state index is 0.184. The molecule has 0 radical (unpaired) electrons. The average molecular weight is 350 g/mol. The van der Waals surface area contributed by atoms with E-state index in [1.807, 2.05) is 0 Å². The fraction of sp³-hybridized carbons (Fsp3) is 0.316. The van der Waals surface area contributed by atoms with Crippen molar-refractivity contribution in [1.82, 2.24) is 5.32 Å². The Kier molecular flexibility index (Phi) is 6.21. The Morgan fingerprint density at radius 2 is 1.75 bits per heavy atom. The van der Waals surface area contributed by atoms with Gasteiger partial charge in [0.1, 0.15) is 11.6 Å². The highest BCUT2D eigenvalue weighted by Crippen LogP contribution is 2.21. The number of amides is 1. The van der Waals surface area contributed by atoms with Crippen LogP contribution in [-0.2, 0) is 11.2 Å². The summed E-state index contributed by atoms with van der Waals surface area (Å²) in [5.74, 6) is 0.163. The molecule has 0 spiro atoms. The molecule has 5 heteroatoms. The monoisotopic (exact) mass is 349 g/mol. The molecule has 0 fully saturated rings. The molecule has 1 N–H and O–H groups in total. The zero-order chi connectivity index (χ0) is 17.6. The molecular formula is C19H21ClFNO2. The first-order valence-electron chi connectivity index (χ1n) is 7.84. The van der Waals surface area contributed by atoms with Gasteiger partial charge in [0, 0.05) is 11.6 Å². The van der Waals surface area contributed by atoms with E-state index in [4.69, 9.17) is 16.3 Å². The maximum Gasteiger partial charge on any atom is 0.263 e. The van der Waals surface area contributed by atoms with Gasteiger partial charge in [0.2, 0.25) is 0 Å². The van der Waals surface area contributed by atoms with E-state index in [0.717, 1.165) is 18.4 Å². The van der Waals surface area contributed by atoms with Crippen LogP contribution in [0.1, 0.15) is 25.8 Å². The maximum atomic E-state index is 12.8. The standard InChI is InChI=1S/C19H21ClFNO2/c1-19(2,24-17-11-7-15(20)8-12-17)18(23)22-13-3-4-14-5-9-16(21)10-6-14/h5-12H,3-4,13H2,1-2H3,(H,22,23). The summed E-state index contributed by atoms with van der Waals surface area (Å²) in [7, 11) is 0. The predicted octanol–water partition coefficient (Wildman–Crippen LogP) is 4.39. The van der Waals surface area contributed by atoms with Crippen molar-refractivity contribution in [3.05, 3.63) is 64.9 Å². The first kappa shape index (κ1) is 18.3. The molecule has 0 bridgehead atoms. The van der Waals surface area contributed by atoms with Crippen LogP contribution in [0, 0.1) is 5.82 Å². The lowest BCUT2D eigenvalue weighted by molar-refractivity contribution is -0.134. The predicted molar refractivity (Wildman–Crippen MR) is 93.9 cm³/mol. The number of nitrogens with one attached hydrogen (secondary N) is 1. The third-order valence-electron chi connectivity index (χ3n) is 3.57. The Balaban J connectivity index is 1.77. The van der Waals surface area contributed by atoms with Crippen LogP contribution in [0.2, 0.25) is 5.02 Å². The lowest BCUT2D eigenvalue weighted by Gasteiger charge is -2.25. The zero-order valence-corrected chi connectivity index (χ0v) is 14.6. The maximum absolute atomic E-state index is 12.8. The molecule has 0 aliphatic carbocycles. The molecule has 1 amide bonds. The van der Waals surface area contributed by atoms with Crippen LogP contribution < -0.4 is 10.1 Å². The van der Waals surface area contributed by atoms with Gasteiger partial charge in [0.05, 0.1) is 0 Å². The van der Waals surface area contributed by atoms with Gasteiger partial charge in [-0.05, 0) is 68.7 Å². The minimum atomic E-state index is -0.982. The van der Waals surface area contributed by atoms with Crippen molar-refractivity contribution < 1.29 is 13.9 Å². The minimum Gasteiger partial charge on any atom is -0.478 e. The highest BCUT2D eigenvalue weighted by Gasteiger charge is 2.29. The summed E-state index contributed by atoms with van der Waals surface area (Å²) in [6.07, 6.45) is 1.55. The number of halogens is 2. The van der Waals surface area contributed by atoms with Gasteiger partial charge in [-0.15, -0.1) is 0 Å². The number of ether oxygens (including phenoxy) is 1. The molecule has 2 rings (SSSR count). The van der Waals surface area contributed by atoms with Crippen LogP contribution in [0.15, 0.2) is 48.5 Å². The van der Waals surface area contributed by atoms with Gasteiger partial charge >= 0.3 is 0 Å². The molecule has 2 aromatic carbocycles. The summed E-state index contributed by atoms with van der Waals surface area (Å²) in [6, 6.07) is 13.3. The molecule has 0 aromatic heterocycles. The largest absolute Gasteiger partial charge is 0.478 e. The van der Waals surface area contributed by atoms with Crippen molar-refractivity contribution >= 4 is 17.5 Å². The Hall–Kier alpha value is -2.07. The van der Waals surface area contributed by atoms with E-state index >= 15 is 0 Å². The molecule has 0 saturated heterocycles. The first-order valence-corrected chi connectivity index (χ1v) is 8.22. The van der Waals surface area contributed by atoms with Crippen LogP contribution in [-0.4, -0.2) is 18.1 Å². The average Bonchev–Trinajstić information content (AvgIpc) is 2.55. The molecule has 0 aliphatic rings. The Labute approximate surface area is 146 Å². The SMILES string of the molecule is CC(C)(Oc1ccc(Cl)cc1)C(=O)NCCCc1ccc(F)cc1. The molecule has 0 atom stereocenters. The zero-order valence-electron chi connectivity index (χ0n) is 13.8. The number of carbonyl (C=O) groups excluding carboxylic acids is 1. The van der Waals surface area contributed by atoms with Crippen molar-refractivity contribution in [2.24, 2.45) is 0 Å². The number of carbonyl (C=O) groups is 1. The van der Waals surface area contributed by atoms with Crippen molar-refractivity contribution in [2.45, 2.75) is 32.3 Å². The summed E-state index contributed by atoms with van der Waals surface area (Å²) in [4.78, 5) is 12.3. The molecule has 2 aromatic rings. The quantitative estimate of drug-likeness (QED) is 0.753. The van der Waals surface area contributed by atoms with Gasteiger partial charge in [0.15, 0.2) is 5.60 Å². The number of benzene rings is 2. The summed E-state index contributed by atoms with van der Waals surface area (Å²) in [5, 5.41) is 3.49. The molecule has 128 valence electrons. The lowest BCUT2D eigenvalue weighted by Crippen LogP contribution is -2.46. The van der Waals surface area contributed by atoms with Crippen LogP contribution in [0.5, 0.6) is 5.75 Å². The van der Waals surface area contributed by atoms with E-state index in [1.165, 1.54) is 12.1 Å². The van der Waals surface area contributed by atoms with Gasteiger partial charge in [-0.3, -0.25) is 4.79 Å². The third-order valence-corrected chi connectivity index (χ3v) is 3.83. The van der Waals surface area contributed by atoms with Gasteiger partial charge in [-0.25, -0.2) is 4.39 Å². The van der Waals surface area contributed by atoms with E-state index < -0.39 is 5.60 Å². The summed E-state index contributed by atoms with van der Waals surface area (Å²) < 4.78 is 18.6. The van der Waals surface area contributed by atoms with Gasteiger partial charge < -0.3 is 10.1 Å². The Morgan fingerprint density at radius 3 is 2.38 bits per heavy atom. The molecule has 3 nitrogen and oxygen atoms in total. The van der Waals surface area contributed by atoms with Gasteiger partial charge in [-0.1, -0.05) is 23.7 Å². The topological polar surface area (TPSA) is 38.3 Å². The fourth-order valence-corrected chi connectivity index (χ4v) is 2.33. The molecule has 0 heterocycles. The molecule has 0 aliphatic heterocycles. The van der Waals surface area contributed by atoms with E-state index in [0.29, 0.717) is 17.3 Å². The van der Waals surface area contributed by atoms with Crippen LogP contribution in [0.4, 0.5) is 4.39 Å². The van der Waals surface area contributed by atoms with Crippen molar-refractivity contribution in [3.8, 4) is 5.75 Å². The second kappa shape index (κ2) is 8.15. The number of rotatable bonds is 7.